The average molecular weight is 171 g/mol. The molecule has 1 unspecified atom stereocenters. The lowest BCUT2D eigenvalue weighted by molar-refractivity contribution is 0.229. The van der Waals surface area contributed by atoms with Crippen molar-refractivity contribution in [3.8, 4) is 6.07 Å². The molecule has 1 aromatic carbocycles. The van der Waals surface area contributed by atoms with Crippen LogP contribution in [0, 0.1) is 11.3 Å². The highest BCUT2D eigenvalue weighted by molar-refractivity contribution is 5.34. The van der Waals surface area contributed by atoms with Gasteiger partial charge in [-0.25, -0.2) is 0 Å². The summed E-state index contributed by atoms with van der Waals surface area (Å²) in [6, 6.07) is 8.81. The van der Waals surface area contributed by atoms with Gasteiger partial charge in [0.05, 0.1) is 11.6 Å². The molecule has 0 fully saturated rings. The van der Waals surface area contributed by atoms with Gasteiger partial charge >= 0.3 is 0 Å². The first-order chi connectivity index (χ1) is 6.27. The first-order valence-electron chi connectivity index (χ1n) is 3.82. The van der Waals surface area contributed by atoms with Crippen molar-refractivity contribution >= 4 is 0 Å². The molecule has 0 aromatic heterocycles. The number of aliphatic hydroxyl groups excluding tert-OH is 1. The van der Waals surface area contributed by atoms with Gasteiger partial charge in [-0.3, -0.25) is 0 Å². The molecule has 0 aliphatic carbocycles. The number of hydrogen-bond acceptors (Lipinski definition) is 2. The van der Waals surface area contributed by atoms with Crippen LogP contribution in [-0.2, 0) is 0 Å². The van der Waals surface area contributed by atoms with Gasteiger partial charge in [0, 0.05) is 0 Å². The number of benzene rings is 1. The number of rotatable bonds is 2. The molecule has 0 saturated heterocycles. The van der Waals surface area contributed by atoms with Crippen molar-refractivity contribution < 1.29 is 5.11 Å². The van der Waals surface area contributed by atoms with Crippen LogP contribution in [0.1, 0.15) is 17.2 Å². The van der Waals surface area contributed by atoms with E-state index in [9.17, 15) is 5.11 Å². The number of nitrogens with zero attached hydrogens (tertiary/aromatic N) is 1. The van der Waals surface area contributed by atoms with Crippen LogP contribution in [0.15, 0.2) is 42.7 Å². The van der Waals surface area contributed by atoms with E-state index in [1.165, 1.54) is 6.08 Å². The Labute approximate surface area is 77.1 Å². The average Bonchev–Trinajstić information content (AvgIpc) is 2.18. The Morgan fingerprint density at radius 3 is 2.92 bits per heavy atom. The summed E-state index contributed by atoms with van der Waals surface area (Å²) < 4.78 is 0. The molecule has 13 heavy (non-hydrogen) atoms. The van der Waals surface area contributed by atoms with Crippen molar-refractivity contribution in [2.75, 3.05) is 0 Å². The van der Waals surface area contributed by atoms with Crippen molar-refractivity contribution in [2.45, 2.75) is 6.10 Å². The zero-order valence-electron chi connectivity index (χ0n) is 7.07. The minimum atomic E-state index is -0.731. The standard InChI is InChI=1S/C11H9NO/c1-2-4-11(13)10-6-3-5-9(7-10)8-12/h3-7,11,13H,1H2. The quantitative estimate of drug-likeness (QED) is 0.691. The van der Waals surface area contributed by atoms with Gasteiger partial charge in [-0.2, -0.15) is 5.26 Å². The Bertz CT molecular complexity index is 383. The van der Waals surface area contributed by atoms with E-state index < -0.39 is 6.10 Å². The minimum Gasteiger partial charge on any atom is -0.384 e. The smallest absolute Gasteiger partial charge is 0.105 e. The molecular weight excluding hydrogens is 162 g/mol. The second-order valence-electron chi connectivity index (χ2n) is 2.55. The van der Waals surface area contributed by atoms with Gasteiger partial charge in [-0.05, 0) is 23.8 Å². The fourth-order valence-corrected chi connectivity index (χ4v) is 1.00. The number of nitriles is 1. The van der Waals surface area contributed by atoms with Crippen molar-refractivity contribution in [1.29, 1.82) is 5.26 Å². The van der Waals surface area contributed by atoms with E-state index in [0.717, 1.165) is 0 Å². The molecule has 2 nitrogen and oxygen atoms in total. The van der Waals surface area contributed by atoms with E-state index in [-0.39, 0.29) is 0 Å². The summed E-state index contributed by atoms with van der Waals surface area (Å²) in [5.74, 6) is 0. The molecular formula is C11H9NO. The van der Waals surface area contributed by atoms with E-state index in [0.29, 0.717) is 11.1 Å². The van der Waals surface area contributed by atoms with Crippen LogP contribution in [0.4, 0.5) is 0 Å². The highest BCUT2D eigenvalue weighted by Gasteiger charge is 2.02. The van der Waals surface area contributed by atoms with Gasteiger partial charge in [-0.15, -0.1) is 5.73 Å². The van der Waals surface area contributed by atoms with Gasteiger partial charge in [-0.1, -0.05) is 18.7 Å². The molecule has 1 rings (SSSR count). The largest absolute Gasteiger partial charge is 0.384 e. The molecule has 1 N–H and O–H groups in total. The van der Waals surface area contributed by atoms with Gasteiger partial charge in [0.2, 0.25) is 0 Å². The minimum absolute atomic E-state index is 0.536. The predicted octanol–water partition coefficient (Wildman–Crippen LogP) is 1.93. The molecule has 2 heteroatoms. The Kier molecular flexibility index (Phi) is 3.05. The van der Waals surface area contributed by atoms with Crippen LogP contribution in [0.5, 0.6) is 0 Å². The molecule has 0 amide bonds. The molecule has 0 aliphatic rings. The van der Waals surface area contributed by atoms with Gasteiger partial charge < -0.3 is 5.11 Å². The molecule has 1 aromatic rings. The molecule has 0 radical (unpaired) electrons. The van der Waals surface area contributed by atoms with Crippen LogP contribution >= 0.6 is 0 Å². The van der Waals surface area contributed by atoms with E-state index in [1.54, 1.807) is 24.3 Å². The fourth-order valence-electron chi connectivity index (χ4n) is 1.00. The van der Waals surface area contributed by atoms with Crippen molar-refractivity contribution in [3.63, 3.8) is 0 Å². The van der Waals surface area contributed by atoms with Gasteiger partial charge in [0.15, 0.2) is 0 Å². The van der Waals surface area contributed by atoms with Crippen LogP contribution in [0.2, 0.25) is 0 Å². The third-order valence-corrected chi connectivity index (χ3v) is 1.63. The SMILES string of the molecule is C=C=CC(O)c1cccc(C#N)c1. The molecule has 1 atom stereocenters. The monoisotopic (exact) mass is 171 g/mol. The molecule has 0 bridgehead atoms. The van der Waals surface area contributed by atoms with E-state index in [1.807, 2.05) is 6.07 Å². The van der Waals surface area contributed by atoms with Gasteiger partial charge in [0.1, 0.15) is 6.10 Å². The molecule has 0 spiro atoms. The highest BCUT2D eigenvalue weighted by atomic mass is 16.3. The van der Waals surface area contributed by atoms with Crippen LogP contribution in [0.25, 0.3) is 0 Å². The van der Waals surface area contributed by atoms with Crippen molar-refractivity contribution in [3.05, 3.63) is 53.8 Å². The normalized spacial score (nSPS) is 11.1. The lowest BCUT2D eigenvalue weighted by Crippen LogP contribution is -1.92. The van der Waals surface area contributed by atoms with Gasteiger partial charge in [0.25, 0.3) is 0 Å². The number of hydrogen-bond donors (Lipinski definition) is 1. The fraction of sp³-hybridized carbons (Fsp3) is 0.0909. The second kappa shape index (κ2) is 4.27. The lowest BCUT2D eigenvalue weighted by Gasteiger charge is -2.03. The van der Waals surface area contributed by atoms with Crippen LogP contribution < -0.4 is 0 Å². The zero-order valence-corrected chi connectivity index (χ0v) is 7.07. The summed E-state index contributed by atoms with van der Waals surface area (Å²) in [7, 11) is 0. The predicted molar refractivity (Wildman–Crippen MR) is 49.8 cm³/mol. The summed E-state index contributed by atoms with van der Waals surface area (Å²) >= 11 is 0. The summed E-state index contributed by atoms with van der Waals surface area (Å²) in [4.78, 5) is 0. The number of aliphatic hydroxyl groups is 1. The first-order valence-corrected chi connectivity index (χ1v) is 3.82. The third kappa shape index (κ3) is 2.31. The van der Waals surface area contributed by atoms with Crippen LogP contribution in [0.3, 0.4) is 0 Å². The maximum atomic E-state index is 9.47. The van der Waals surface area contributed by atoms with E-state index in [4.69, 9.17) is 5.26 Å². The summed E-state index contributed by atoms with van der Waals surface area (Å²) in [5.41, 5.74) is 3.71. The maximum absolute atomic E-state index is 9.47. The Morgan fingerprint density at radius 1 is 1.54 bits per heavy atom. The van der Waals surface area contributed by atoms with Crippen molar-refractivity contribution in [1.82, 2.24) is 0 Å². The molecule has 0 heterocycles. The van der Waals surface area contributed by atoms with E-state index in [2.05, 4.69) is 12.3 Å². The lowest BCUT2D eigenvalue weighted by atomic mass is 10.1. The molecule has 0 aliphatic heterocycles. The summed E-state index contributed by atoms with van der Waals surface area (Å²) in [6.45, 7) is 3.36. The first kappa shape index (κ1) is 9.28. The van der Waals surface area contributed by atoms with Crippen molar-refractivity contribution in [2.24, 2.45) is 0 Å². The second-order valence-corrected chi connectivity index (χ2v) is 2.55. The topological polar surface area (TPSA) is 44.0 Å². The Balaban J connectivity index is 3.02. The summed E-state index contributed by atoms with van der Waals surface area (Å²) in [5, 5.41) is 18.1. The van der Waals surface area contributed by atoms with Crippen LogP contribution in [-0.4, -0.2) is 5.11 Å². The third-order valence-electron chi connectivity index (χ3n) is 1.63. The highest BCUT2D eigenvalue weighted by Crippen LogP contribution is 2.14. The molecule has 0 saturated carbocycles. The zero-order chi connectivity index (χ0) is 9.68. The van der Waals surface area contributed by atoms with E-state index >= 15 is 0 Å². The Morgan fingerprint density at radius 2 is 2.31 bits per heavy atom. The Hall–Kier alpha value is -1.81. The maximum Gasteiger partial charge on any atom is 0.105 e. The molecule has 64 valence electrons. The summed E-state index contributed by atoms with van der Waals surface area (Å²) in [6.07, 6.45) is 0.710.